The second-order valence-electron chi connectivity index (χ2n) is 7.50. The number of anilines is 4. The van der Waals surface area contributed by atoms with E-state index in [9.17, 15) is 0 Å². The summed E-state index contributed by atoms with van der Waals surface area (Å²) in [5.74, 6) is 1.82. The molecule has 6 nitrogen and oxygen atoms in total. The van der Waals surface area contributed by atoms with E-state index in [1.807, 2.05) is 0 Å². The van der Waals surface area contributed by atoms with Crippen LogP contribution in [0.15, 0.2) is 36.7 Å². The minimum absolute atomic E-state index is 0.540. The number of nitrogen functional groups attached to an aromatic ring is 1. The topological polar surface area (TPSA) is 61.5 Å². The van der Waals surface area contributed by atoms with Crippen molar-refractivity contribution >= 4 is 23.0 Å². The van der Waals surface area contributed by atoms with Gasteiger partial charge in [-0.15, -0.1) is 0 Å². The summed E-state index contributed by atoms with van der Waals surface area (Å²) < 4.78 is 0. The minimum atomic E-state index is 0.540. The van der Waals surface area contributed by atoms with Crippen molar-refractivity contribution in [1.82, 2.24) is 9.97 Å². The number of hydrogen-bond acceptors (Lipinski definition) is 6. The molecular formula is C21H30N6. The Kier molecular flexibility index (Phi) is 5.32. The predicted octanol–water partition coefficient (Wildman–Crippen LogP) is 3.15. The molecule has 6 heteroatoms. The molecular weight excluding hydrogens is 336 g/mol. The van der Waals surface area contributed by atoms with Crippen LogP contribution in [0.1, 0.15) is 32.6 Å². The molecule has 2 aliphatic heterocycles. The first kappa shape index (κ1) is 17.9. The summed E-state index contributed by atoms with van der Waals surface area (Å²) >= 11 is 0. The lowest BCUT2D eigenvalue weighted by Crippen LogP contribution is -2.47. The monoisotopic (exact) mass is 366 g/mol. The molecule has 2 aromatic rings. The largest absolute Gasteiger partial charge is 0.393 e. The number of nitrogens with two attached hydrogens (primary N) is 1. The van der Waals surface area contributed by atoms with Crippen LogP contribution in [0, 0.1) is 0 Å². The van der Waals surface area contributed by atoms with E-state index in [-0.39, 0.29) is 0 Å². The minimum Gasteiger partial charge on any atom is -0.393 e. The van der Waals surface area contributed by atoms with Gasteiger partial charge in [0, 0.05) is 44.5 Å². The smallest absolute Gasteiger partial charge is 0.157 e. The van der Waals surface area contributed by atoms with Gasteiger partial charge in [-0.3, -0.25) is 0 Å². The third-order valence-corrected chi connectivity index (χ3v) is 5.91. The Morgan fingerprint density at radius 3 is 2.37 bits per heavy atom. The number of rotatable bonds is 4. The zero-order valence-electron chi connectivity index (χ0n) is 16.2. The maximum absolute atomic E-state index is 6.59. The van der Waals surface area contributed by atoms with Gasteiger partial charge < -0.3 is 20.4 Å². The fourth-order valence-corrected chi connectivity index (χ4v) is 4.38. The molecule has 2 saturated heterocycles. The maximum Gasteiger partial charge on any atom is 0.157 e. The van der Waals surface area contributed by atoms with Crippen LogP contribution in [0.4, 0.5) is 23.0 Å². The van der Waals surface area contributed by atoms with Crippen molar-refractivity contribution in [1.29, 1.82) is 0 Å². The van der Waals surface area contributed by atoms with E-state index in [1.165, 1.54) is 24.9 Å². The van der Waals surface area contributed by atoms with Gasteiger partial charge in [0.25, 0.3) is 0 Å². The molecule has 1 aromatic heterocycles. The van der Waals surface area contributed by atoms with Crippen molar-refractivity contribution in [3.63, 3.8) is 0 Å². The van der Waals surface area contributed by atoms with Gasteiger partial charge in [-0.05, 0) is 37.8 Å². The number of aromatic nitrogens is 2. The van der Waals surface area contributed by atoms with Gasteiger partial charge in [-0.2, -0.15) is 0 Å². The molecule has 0 aliphatic carbocycles. The molecule has 2 fully saturated rings. The van der Waals surface area contributed by atoms with Crippen molar-refractivity contribution in [3.05, 3.63) is 36.7 Å². The fraction of sp³-hybridized carbons (Fsp3) is 0.524. The Labute approximate surface area is 162 Å². The lowest BCUT2D eigenvalue weighted by molar-refractivity contribution is 0.447. The van der Waals surface area contributed by atoms with E-state index in [2.05, 4.69) is 61.9 Å². The number of piperidine rings is 1. The molecule has 1 atom stereocenters. The molecule has 0 radical (unpaired) electrons. The third-order valence-electron chi connectivity index (χ3n) is 5.91. The Hall–Kier alpha value is -2.50. The highest BCUT2D eigenvalue weighted by Gasteiger charge is 2.27. The van der Waals surface area contributed by atoms with Gasteiger partial charge in [0.1, 0.15) is 12.0 Å². The molecule has 2 aliphatic rings. The lowest BCUT2D eigenvalue weighted by Gasteiger charge is -2.39. The summed E-state index contributed by atoms with van der Waals surface area (Å²) in [6.45, 7) is 7.10. The lowest BCUT2D eigenvalue weighted by atomic mass is 10.00. The summed E-state index contributed by atoms with van der Waals surface area (Å²) in [7, 11) is 0. The molecule has 0 amide bonds. The van der Waals surface area contributed by atoms with Crippen LogP contribution in [0.3, 0.4) is 0 Å². The molecule has 1 aromatic carbocycles. The number of para-hydroxylation sites is 1. The zero-order valence-corrected chi connectivity index (χ0v) is 16.2. The van der Waals surface area contributed by atoms with E-state index < -0.39 is 0 Å². The molecule has 0 bridgehead atoms. The van der Waals surface area contributed by atoms with Crippen LogP contribution in [0.2, 0.25) is 0 Å². The molecule has 2 N–H and O–H groups in total. The third kappa shape index (κ3) is 3.66. The Morgan fingerprint density at radius 2 is 1.63 bits per heavy atom. The molecule has 0 saturated carbocycles. The van der Waals surface area contributed by atoms with Gasteiger partial charge in [-0.25, -0.2) is 9.97 Å². The van der Waals surface area contributed by atoms with Crippen LogP contribution in [-0.2, 0) is 0 Å². The van der Waals surface area contributed by atoms with Crippen molar-refractivity contribution in [2.45, 2.75) is 38.6 Å². The first-order chi connectivity index (χ1) is 13.3. The highest BCUT2D eigenvalue weighted by atomic mass is 15.3. The van der Waals surface area contributed by atoms with E-state index in [0.29, 0.717) is 6.04 Å². The maximum atomic E-state index is 6.59. The number of benzene rings is 1. The van der Waals surface area contributed by atoms with E-state index in [1.54, 1.807) is 6.33 Å². The summed E-state index contributed by atoms with van der Waals surface area (Å²) in [5, 5.41) is 0. The van der Waals surface area contributed by atoms with Crippen molar-refractivity contribution in [3.8, 4) is 0 Å². The molecule has 0 spiro atoms. The summed E-state index contributed by atoms with van der Waals surface area (Å²) in [4.78, 5) is 16.3. The number of piperazine rings is 1. The van der Waals surface area contributed by atoms with E-state index in [4.69, 9.17) is 5.73 Å². The van der Waals surface area contributed by atoms with Gasteiger partial charge in [0.05, 0.1) is 0 Å². The normalized spacial score (nSPS) is 20.8. The average Bonchev–Trinajstić information content (AvgIpc) is 2.75. The molecule has 27 heavy (non-hydrogen) atoms. The first-order valence-corrected chi connectivity index (χ1v) is 10.2. The van der Waals surface area contributed by atoms with Crippen LogP contribution >= 0.6 is 0 Å². The predicted molar refractivity (Wildman–Crippen MR) is 113 cm³/mol. The van der Waals surface area contributed by atoms with Gasteiger partial charge in [-0.1, -0.05) is 25.1 Å². The summed E-state index contributed by atoms with van der Waals surface area (Å²) in [6, 6.07) is 11.1. The van der Waals surface area contributed by atoms with Crippen molar-refractivity contribution < 1.29 is 0 Å². The Bertz CT molecular complexity index is 742. The molecule has 4 rings (SSSR count). The first-order valence-electron chi connectivity index (χ1n) is 10.2. The quantitative estimate of drug-likeness (QED) is 0.897. The highest BCUT2D eigenvalue weighted by Crippen LogP contribution is 2.34. The highest BCUT2D eigenvalue weighted by molar-refractivity contribution is 5.76. The van der Waals surface area contributed by atoms with E-state index in [0.717, 1.165) is 56.5 Å². The number of hydrogen-bond donors (Lipinski definition) is 1. The van der Waals surface area contributed by atoms with Gasteiger partial charge in [0.2, 0.25) is 0 Å². The van der Waals surface area contributed by atoms with Crippen LogP contribution in [-0.4, -0.2) is 48.7 Å². The van der Waals surface area contributed by atoms with Gasteiger partial charge in [0.15, 0.2) is 11.6 Å². The zero-order chi connectivity index (χ0) is 18.6. The Morgan fingerprint density at radius 1 is 0.926 bits per heavy atom. The van der Waals surface area contributed by atoms with Gasteiger partial charge >= 0.3 is 0 Å². The summed E-state index contributed by atoms with van der Waals surface area (Å²) in [5.41, 5.74) is 8.61. The van der Waals surface area contributed by atoms with E-state index >= 15 is 0 Å². The standard InChI is InChI=1S/C21H30N6/c1-2-17-8-6-7-11-27(17)21-19(22)20(23-16-24-21)26-14-12-25(13-15-26)18-9-4-3-5-10-18/h3-5,9-10,16-17H,2,6-8,11-15,22H2,1H3. The van der Waals surface area contributed by atoms with Crippen LogP contribution in [0.5, 0.6) is 0 Å². The van der Waals surface area contributed by atoms with Crippen molar-refractivity contribution in [2.24, 2.45) is 0 Å². The second-order valence-corrected chi connectivity index (χ2v) is 7.50. The summed E-state index contributed by atoms with van der Waals surface area (Å²) in [6.07, 6.45) is 6.56. The van der Waals surface area contributed by atoms with Crippen LogP contribution < -0.4 is 20.4 Å². The van der Waals surface area contributed by atoms with Crippen molar-refractivity contribution in [2.75, 3.05) is 53.2 Å². The molecule has 144 valence electrons. The molecule has 1 unspecified atom stereocenters. The Balaban J connectivity index is 1.50. The fourth-order valence-electron chi connectivity index (χ4n) is 4.38. The second kappa shape index (κ2) is 8.03. The number of nitrogens with zero attached hydrogens (tertiary/aromatic N) is 5. The SMILES string of the molecule is CCC1CCCCN1c1ncnc(N2CCN(c3ccccc3)CC2)c1N. The molecule has 3 heterocycles. The average molecular weight is 367 g/mol. The van der Waals surface area contributed by atoms with Crippen LogP contribution in [0.25, 0.3) is 0 Å².